The van der Waals surface area contributed by atoms with E-state index in [1.165, 1.54) is 0 Å². The number of para-hydroxylation sites is 1. The lowest BCUT2D eigenvalue weighted by atomic mass is 10.2. The van der Waals surface area contributed by atoms with Crippen LogP contribution in [0.25, 0.3) is 0 Å². The van der Waals surface area contributed by atoms with Gasteiger partial charge in [0.2, 0.25) is 0 Å². The van der Waals surface area contributed by atoms with E-state index < -0.39 is 0 Å². The molecule has 0 bridgehead atoms. The highest BCUT2D eigenvalue weighted by molar-refractivity contribution is 6.04. The van der Waals surface area contributed by atoms with Crippen LogP contribution in [0.1, 0.15) is 23.2 Å². The van der Waals surface area contributed by atoms with E-state index in [4.69, 9.17) is 9.47 Å². The summed E-state index contributed by atoms with van der Waals surface area (Å²) in [5.74, 6) is 2.00. The fraction of sp³-hybridized carbons (Fsp3) is 0.217. The molecule has 1 aliphatic rings. The predicted octanol–water partition coefficient (Wildman–Crippen LogP) is 4.72. The molecule has 1 atom stereocenters. The fourth-order valence-corrected chi connectivity index (χ4v) is 3.09. The second-order valence-electron chi connectivity index (χ2n) is 6.84. The van der Waals surface area contributed by atoms with Crippen molar-refractivity contribution in [3.05, 3.63) is 78.5 Å². The lowest BCUT2D eigenvalue weighted by molar-refractivity contribution is 0.102. The van der Waals surface area contributed by atoms with Crippen LogP contribution in [0.15, 0.2) is 72.9 Å². The average Bonchev–Trinajstić information content (AvgIpc) is 3.28. The SMILES string of the molecule is O=C(Nc1ccc(Oc2ccccc2)cc1)c1ccc(NCC2CCCO2)nc1. The first-order chi connectivity index (χ1) is 14.3. The Kier molecular flexibility index (Phi) is 6.02. The topological polar surface area (TPSA) is 72.5 Å². The van der Waals surface area contributed by atoms with Crippen LogP contribution in [0.3, 0.4) is 0 Å². The number of amides is 1. The van der Waals surface area contributed by atoms with E-state index in [1.807, 2.05) is 42.5 Å². The highest BCUT2D eigenvalue weighted by atomic mass is 16.5. The molecule has 6 heteroatoms. The Labute approximate surface area is 169 Å². The molecule has 6 nitrogen and oxygen atoms in total. The van der Waals surface area contributed by atoms with Gasteiger partial charge in [0.25, 0.3) is 5.91 Å². The number of benzene rings is 2. The van der Waals surface area contributed by atoms with Crippen LogP contribution in [0.2, 0.25) is 0 Å². The van der Waals surface area contributed by atoms with E-state index in [-0.39, 0.29) is 12.0 Å². The molecule has 2 heterocycles. The molecule has 2 N–H and O–H groups in total. The summed E-state index contributed by atoms with van der Waals surface area (Å²) in [7, 11) is 0. The molecule has 0 spiro atoms. The van der Waals surface area contributed by atoms with Gasteiger partial charge in [-0.15, -0.1) is 0 Å². The minimum atomic E-state index is -0.208. The number of rotatable bonds is 7. The second kappa shape index (κ2) is 9.21. The third-order valence-electron chi connectivity index (χ3n) is 4.65. The van der Waals surface area contributed by atoms with E-state index in [0.717, 1.165) is 37.6 Å². The van der Waals surface area contributed by atoms with E-state index in [2.05, 4.69) is 15.6 Å². The first kappa shape index (κ1) is 19.0. The normalized spacial score (nSPS) is 15.7. The van der Waals surface area contributed by atoms with Crippen molar-refractivity contribution >= 4 is 17.4 Å². The number of pyridine rings is 1. The van der Waals surface area contributed by atoms with Gasteiger partial charge in [0.05, 0.1) is 11.7 Å². The average molecular weight is 389 g/mol. The van der Waals surface area contributed by atoms with Gasteiger partial charge in [-0.3, -0.25) is 4.79 Å². The highest BCUT2D eigenvalue weighted by Gasteiger charge is 2.15. The molecule has 0 saturated carbocycles. The number of nitrogens with zero attached hydrogens (tertiary/aromatic N) is 1. The third kappa shape index (κ3) is 5.33. The first-order valence-corrected chi connectivity index (χ1v) is 9.72. The fourth-order valence-electron chi connectivity index (χ4n) is 3.09. The maximum atomic E-state index is 12.4. The number of carbonyl (C=O) groups is 1. The van der Waals surface area contributed by atoms with Crippen LogP contribution in [0, 0.1) is 0 Å². The van der Waals surface area contributed by atoms with E-state index in [0.29, 0.717) is 17.0 Å². The number of aromatic nitrogens is 1. The van der Waals surface area contributed by atoms with Crippen LogP contribution in [0.5, 0.6) is 11.5 Å². The quantitative estimate of drug-likeness (QED) is 0.612. The maximum absolute atomic E-state index is 12.4. The molecule has 1 fully saturated rings. The van der Waals surface area contributed by atoms with Crippen molar-refractivity contribution in [1.82, 2.24) is 4.98 Å². The largest absolute Gasteiger partial charge is 0.457 e. The molecule has 29 heavy (non-hydrogen) atoms. The summed E-state index contributed by atoms with van der Waals surface area (Å²) in [6.07, 6.45) is 4.00. The molecule has 3 aromatic rings. The number of carbonyl (C=O) groups excluding carboxylic acids is 1. The number of hydrogen-bond donors (Lipinski definition) is 2. The molecular formula is C23H23N3O3. The van der Waals surface area contributed by atoms with E-state index in [1.54, 1.807) is 30.5 Å². The molecule has 148 valence electrons. The van der Waals surface area contributed by atoms with Crippen molar-refractivity contribution in [3.8, 4) is 11.5 Å². The molecule has 0 radical (unpaired) electrons. The molecule has 4 rings (SSSR count). The Bertz CT molecular complexity index is 922. The summed E-state index contributed by atoms with van der Waals surface area (Å²) in [6, 6.07) is 20.4. The van der Waals surface area contributed by atoms with Crippen molar-refractivity contribution in [1.29, 1.82) is 0 Å². The van der Waals surface area contributed by atoms with Crippen molar-refractivity contribution in [3.63, 3.8) is 0 Å². The third-order valence-corrected chi connectivity index (χ3v) is 4.65. The van der Waals surface area contributed by atoms with E-state index >= 15 is 0 Å². The van der Waals surface area contributed by atoms with Gasteiger partial charge in [-0.05, 0) is 61.4 Å². The first-order valence-electron chi connectivity index (χ1n) is 9.72. The lowest BCUT2D eigenvalue weighted by Gasteiger charge is -2.11. The highest BCUT2D eigenvalue weighted by Crippen LogP contribution is 2.23. The minimum absolute atomic E-state index is 0.208. The van der Waals surface area contributed by atoms with Crippen LogP contribution >= 0.6 is 0 Å². The zero-order chi connectivity index (χ0) is 19.9. The second-order valence-corrected chi connectivity index (χ2v) is 6.84. The molecule has 0 aliphatic carbocycles. The van der Waals surface area contributed by atoms with Gasteiger partial charge in [0.15, 0.2) is 0 Å². The van der Waals surface area contributed by atoms with Gasteiger partial charge in [-0.1, -0.05) is 18.2 Å². The zero-order valence-corrected chi connectivity index (χ0v) is 16.0. The number of hydrogen-bond acceptors (Lipinski definition) is 5. The van der Waals surface area contributed by atoms with E-state index in [9.17, 15) is 4.79 Å². The lowest BCUT2D eigenvalue weighted by Crippen LogP contribution is -2.19. The summed E-state index contributed by atoms with van der Waals surface area (Å²) >= 11 is 0. The summed E-state index contributed by atoms with van der Waals surface area (Å²) in [6.45, 7) is 1.56. The van der Waals surface area contributed by atoms with Gasteiger partial charge in [-0.2, -0.15) is 0 Å². The summed E-state index contributed by atoms with van der Waals surface area (Å²) in [5, 5.41) is 6.12. The molecule has 1 aromatic heterocycles. The van der Waals surface area contributed by atoms with Gasteiger partial charge in [-0.25, -0.2) is 4.98 Å². The predicted molar refractivity (Wildman–Crippen MR) is 113 cm³/mol. The smallest absolute Gasteiger partial charge is 0.257 e. The molecule has 1 saturated heterocycles. The Morgan fingerprint density at radius 1 is 1.03 bits per heavy atom. The molecular weight excluding hydrogens is 366 g/mol. The van der Waals surface area contributed by atoms with Gasteiger partial charge in [0.1, 0.15) is 17.3 Å². The van der Waals surface area contributed by atoms with Crippen LogP contribution < -0.4 is 15.4 Å². The standard InChI is InChI=1S/C23H23N3O3/c27-23(17-8-13-22(24-15-17)25-16-21-7-4-14-28-21)26-18-9-11-20(12-10-18)29-19-5-2-1-3-6-19/h1-3,5-6,8-13,15,21H,4,7,14,16H2,(H,24,25)(H,26,27). The van der Waals surface area contributed by atoms with Crippen LogP contribution in [0.4, 0.5) is 11.5 Å². The summed E-state index contributed by atoms with van der Waals surface area (Å²) < 4.78 is 11.3. The summed E-state index contributed by atoms with van der Waals surface area (Å²) in [5.41, 5.74) is 1.19. The number of nitrogens with one attached hydrogen (secondary N) is 2. The van der Waals surface area contributed by atoms with Crippen molar-refractivity contribution < 1.29 is 14.3 Å². The zero-order valence-electron chi connectivity index (χ0n) is 16.0. The van der Waals surface area contributed by atoms with Crippen molar-refractivity contribution in [2.45, 2.75) is 18.9 Å². The van der Waals surface area contributed by atoms with Crippen molar-refractivity contribution in [2.24, 2.45) is 0 Å². The Morgan fingerprint density at radius 3 is 2.52 bits per heavy atom. The summed E-state index contributed by atoms with van der Waals surface area (Å²) in [4.78, 5) is 16.8. The van der Waals surface area contributed by atoms with Crippen LogP contribution in [-0.4, -0.2) is 30.1 Å². The van der Waals surface area contributed by atoms with Crippen molar-refractivity contribution in [2.75, 3.05) is 23.8 Å². The van der Waals surface area contributed by atoms with Gasteiger partial charge in [0, 0.05) is 25.0 Å². The Balaban J connectivity index is 1.30. The molecule has 1 amide bonds. The Morgan fingerprint density at radius 2 is 1.83 bits per heavy atom. The van der Waals surface area contributed by atoms with Crippen LogP contribution in [-0.2, 0) is 4.74 Å². The van der Waals surface area contributed by atoms with Gasteiger partial charge >= 0.3 is 0 Å². The monoisotopic (exact) mass is 389 g/mol. The minimum Gasteiger partial charge on any atom is -0.457 e. The maximum Gasteiger partial charge on any atom is 0.257 e. The van der Waals surface area contributed by atoms with Gasteiger partial charge < -0.3 is 20.1 Å². The Hall–Kier alpha value is -3.38. The number of ether oxygens (including phenoxy) is 2. The molecule has 1 aliphatic heterocycles. The molecule has 1 unspecified atom stereocenters. The number of anilines is 2. The molecule has 2 aromatic carbocycles.